The molecule has 462 valence electrons. The molecular weight excluding hydrogens is 1070 g/mol. The van der Waals surface area contributed by atoms with Crippen molar-refractivity contribution in [3.05, 3.63) is 0 Å². The molecule has 80 heavy (non-hydrogen) atoms. The molecule has 0 saturated carbocycles. The highest BCUT2D eigenvalue weighted by Crippen LogP contribution is 2.33. The summed E-state index contributed by atoms with van der Waals surface area (Å²) in [5.74, 6) is -4.70. The molecule has 0 aliphatic carbocycles. The lowest BCUT2D eigenvalue weighted by Gasteiger charge is -2.45. The fraction of sp³-hybridized carbons (Fsp3) is 0.882. The molecule has 0 bridgehead atoms. The molecule has 0 aromatic rings. The van der Waals surface area contributed by atoms with E-state index >= 15 is 0 Å². The van der Waals surface area contributed by atoms with Crippen LogP contribution in [0.2, 0.25) is 0 Å². The van der Waals surface area contributed by atoms with Gasteiger partial charge in [-0.15, -0.1) is 0 Å². The van der Waals surface area contributed by atoms with Gasteiger partial charge >= 0.3 is 0 Å². The van der Waals surface area contributed by atoms with Crippen molar-refractivity contribution in [2.75, 3.05) is 52.9 Å². The van der Waals surface area contributed by atoms with Crippen LogP contribution in [-0.4, -0.2) is 239 Å². The zero-order chi connectivity index (χ0) is 59.2. The minimum absolute atomic E-state index is 0.00708. The van der Waals surface area contributed by atoms with Crippen LogP contribution >= 0.6 is 0 Å². The SMILES string of the molecule is CC(C)OC1OC(OCCC(=O)NCCC(=O)CCOC2OC(O)C(O)[C@H](O)[C@@H]2C)C(OCCC(=O)NCCC(=O)NCOC2OC(O)C(O)[C@H](O)[C@@H]2C)[C@H](OCCC(=O)CCCC(=O)CCOC2OC(O)C(O)[C@H](O)[C@@H]2C)[C@@H]1C. The molecule has 4 heterocycles. The number of Topliss-reactive ketones (excluding diaryl/α,β-unsaturated/α-hetero) is 3. The molecule has 4 aliphatic rings. The first kappa shape index (κ1) is 69.1. The molecule has 0 radical (unpaired) electrons. The first-order valence-corrected chi connectivity index (χ1v) is 27.3. The standard InChI is InChI=1S/C51H87N3O26/c1-25(2)76-50-29(6)42(70-19-12-30(55)8-7-9-31(56)13-20-72-47-26(3)36(61)39(64)44(67)77-47)43(71-22-15-34(59)53-18-11-33(58)54-24-75-49-28(5)38(63)41(66)46(69)79-49)51(80-50)74-23-16-35(60)52-17-10-32(57)14-21-73-48-27(4)37(62)40(65)45(68)78-48/h25-29,36-51,61-69H,7-24H2,1-6H3,(H,52,60)(H,53,59)(H,54,58)/t26-,27-,28-,29-,36+,37+,38+,39?,40?,41?,42+,43?,44?,45?,46?,47?,48?,49?,50?,51?/m0/s1. The average Bonchev–Trinajstić information content (AvgIpc) is 3.41. The van der Waals surface area contributed by atoms with E-state index < -0.39 is 141 Å². The van der Waals surface area contributed by atoms with E-state index in [9.17, 15) is 74.7 Å². The quantitative estimate of drug-likeness (QED) is 0.0275. The van der Waals surface area contributed by atoms with Crippen LogP contribution < -0.4 is 16.0 Å². The molecule has 4 aliphatic heterocycles. The second-order valence-electron chi connectivity index (χ2n) is 20.7. The third-order valence-corrected chi connectivity index (χ3v) is 14.0. The smallest absolute Gasteiger partial charge is 0.223 e. The van der Waals surface area contributed by atoms with E-state index in [-0.39, 0.29) is 141 Å². The van der Waals surface area contributed by atoms with Crippen molar-refractivity contribution in [3.8, 4) is 0 Å². The van der Waals surface area contributed by atoms with Crippen LogP contribution in [0.1, 0.15) is 106 Å². The van der Waals surface area contributed by atoms with Gasteiger partial charge in [0.2, 0.25) is 17.7 Å². The van der Waals surface area contributed by atoms with Gasteiger partial charge in [0.05, 0.1) is 70.0 Å². The average molecular weight is 1160 g/mol. The summed E-state index contributed by atoms with van der Waals surface area (Å²) in [7, 11) is 0. The number of ketones is 3. The maximum atomic E-state index is 13.0. The summed E-state index contributed by atoms with van der Waals surface area (Å²) in [5.41, 5.74) is 0. The summed E-state index contributed by atoms with van der Waals surface area (Å²) in [6.07, 6.45) is -21.3. The Morgan fingerprint density at radius 3 is 1.24 bits per heavy atom. The zero-order valence-electron chi connectivity index (χ0n) is 46.3. The number of aliphatic hydroxyl groups is 9. The second-order valence-corrected chi connectivity index (χ2v) is 20.7. The van der Waals surface area contributed by atoms with Crippen molar-refractivity contribution < 1.29 is 127 Å². The Balaban J connectivity index is 1.27. The molecule has 29 nitrogen and oxygen atoms in total. The van der Waals surface area contributed by atoms with E-state index in [1.165, 1.54) is 6.92 Å². The molecule has 4 saturated heterocycles. The molecule has 3 amide bonds. The van der Waals surface area contributed by atoms with Gasteiger partial charge in [0.25, 0.3) is 0 Å². The van der Waals surface area contributed by atoms with Gasteiger partial charge in [0.15, 0.2) is 50.3 Å². The lowest BCUT2D eigenvalue weighted by Crippen LogP contribution is -2.57. The van der Waals surface area contributed by atoms with Gasteiger partial charge in [-0.3, -0.25) is 28.8 Å². The molecule has 29 heteroatoms. The van der Waals surface area contributed by atoms with Crippen molar-refractivity contribution in [2.24, 2.45) is 23.7 Å². The van der Waals surface area contributed by atoms with E-state index in [1.807, 2.05) is 0 Å². The highest BCUT2D eigenvalue weighted by atomic mass is 16.8. The van der Waals surface area contributed by atoms with Crippen LogP contribution in [-0.2, 0) is 80.9 Å². The maximum absolute atomic E-state index is 13.0. The molecular formula is C51H87N3O26. The predicted molar refractivity (Wildman–Crippen MR) is 269 cm³/mol. The molecule has 4 rings (SSSR count). The minimum Gasteiger partial charge on any atom is -0.390 e. The Labute approximate surface area is 464 Å². The van der Waals surface area contributed by atoms with E-state index in [0.717, 1.165) is 0 Å². The predicted octanol–water partition coefficient (Wildman–Crippen LogP) is -3.42. The number of carbonyl (C=O) groups is 6. The number of hydrogen-bond acceptors (Lipinski definition) is 26. The van der Waals surface area contributed by atoms with Gasteiger partial charge in [-0.05, 0) is 20.3 Å². The zero-order valence-corrected chi connectivity index (χ0v) is 46.3. The molecule has 4 fully saturated rings. The summed E-state index contributed by atoms with van der Waals surface area (Å²) in [5, 5.41) is 96.7. The lowest BCUT2D eigenvalue weighted by atomic mass is 9.95. The fourth-order valence-corrected chi connectivity index (χ4v) is 8.87. The Kier molecular flexibility index (Phi) is 30.3. The minimum atomic E-state index is -1.68. The van der Waals surface area contributed by atoms with Crippen molar-refractivity contribution in [1.82, 2.24) is 16.0 Å². The van der Waals surface area contributed by atoms with Crippen LogP contribution in [0.4, 0.5) is 0 Å². The Bertz CT molecular complexity index is 1910. The summed E-state index contributed by atoms with van der Waals surface area (Å²) >= 11 is 0. The van der Waals surface area contributed by atoms with Crippen LogP contribution in [0.25, 0.3) is 0 Å². The van der Waals surface area contributed by atoms with Gasteiger partial charge in [0, 0.05) is 88.1 Å². The third-order valence-electron chi connectivity index (χ3n) is 14.0. The molecule has 0 aromatic heterocycles. The third kappa shape index (κ3) is 22.3. The van der Waals surface area contributed by atoms with Crippen molar-refractivity contribution in [3.63, 3.8) is 0 Å². The van der Waals surface area contributed by atoms with E-state index in [1.54, 1.807) is 34.6 Å². The number of rotatable bonds is 35. The van der Waals surface area contributed by atoms with Crippen LogP contribution in [0, 0.1) is 23.7 Å². The van der Waals surface area contributed by atoms with Gasteiger partial charge in [0.1, 0.15) is 48.5 Å². The van der Waals surface area contributed by atoms with E-state index in [0.29, 0.717) is 0 Å². The second kappa shape index (κ2) is 35.0. The largest absolute Gasteiger partial charge is 0.390 e. The topological polar surface area (TPSA) is 422 Å². The van der Waals surface area contributed by atoms with Crippen molar-refractivity contribution in [1.29, 1.82) is 0 Å². The molecule has 12 N–H and O–H groups in total. The van der Waals surface area contributed by atoms with Crippen molar-refractivity contribution in [2.45, 2.75) is 211 Å². The number of amides is 3. The number of hydrogen-bond donors (Lipinski definition) is 12. The Hall–Kier alpha value is -3.38. The van der Waals surface area contributed by atoms with Gasteiger partial charge in [-0.2, -0.15) is 0 Å². The first-order valence-electron chi connectivity index (χ1n) is 27.3. The maximum Gasteiger partial charge on any atom is 0.223 e. The van der Waals surface area contributed by atoms with Gasteiger partial charge < -0.3 is 114 Å². The number of nitrogens with one attached hydrogen (secondary N) is 3. The lowest BCUT2D eigenvalue weighted by molar-refractivity contribution is -0.353. The molecule has 20 atom stereocenters. The van der Waals surface area contributed by atoms with E-state index in [2.05, 4.69) is 16.0 Å². The highest BCUT2D eigenvalue weighted by molar-refractivity contribution is 5.82. The molecule has 0 aromatic carbocycles. The number of aliphatic hydroxyl groups excluding tert-OH is 9. The van der Waals surface area contributed by atoms with E-state index in [4.69, 9.17) is 52.1 Å². The molecule has 0 spiro atoms. The highest BCUT2D eigenvalue weighted by Gasteiger charge is 2.48. The summed E-state index contributed by atoms with van der Waals surface area (Å²) in [4.78, 5) is 76.5. The number of ether oxygens (including phenoxy) is 11. The van der Waals surface area contributed by atoms with Crippen LogP contribution in [0.15, 0.2) is 0 Å². The number of carbonyl (C=O) groups excluding carboxylic acids is 6. The van der Waals surface area contributed by atoms with Gasteiger partial charge in [-0.1, -0.05) is 27.7 Å². The van der Waals surface area contributed by atoms with Crippen LogP contribution in [0.3, 0.4) is 0 Å². The monoisotopic (exact) mass is 1160 g/mol. The summed E-state index contributed by atoms with van der Waals surface area (Å²) in [6.45, 7) is 8.92. The van der Waals surface area contributed by atoms with Crippen LogP contribution in [0.5, 0.6) is 0 Å². The summed E-state index contributed by atoms with van der Waals surface area (Å²) < 4.78 is 62.9. The fourth-order valence-electron chi connectivity index (χ4n) is 8.87. The Morgan fingerprint density at radius 1 is 0.388 bits per heavy atom. The molecule has 12 unspecified atom stereocenters. The normalized spacial score (nSPS) is 34.6. The first-order chi connectivity index (χ1) is 37.9. The van der Waals surface area contributed by atoms with Gasteiger partial charge in [-0.25, -0.2) is 0 Å². The Morgan fingerprint density at radius 2 is 0.762 bits per heavy atom. The van der Waals surface area contributed by atoms with Crippen molar-refractivity contribution >= 4 is 35.1 Å². The summed E-state index contributed by atoms with van der Waals surface area (Å²) in [6, 6.07) is 0.